The number of ether oxygens (including phenoxy) is 2. The van der Waals surface area contributed by atoms with Crippen molar-refractivity contribution in [3.63, 3.8) is 0 Å². The van der Waals surface area contributed by atoms with Gasteiger partial charge in [-0.3, -0.25) is 9.78 Å². The number of amides is 2. The highest BCUT2D eigenvalue weighted by atomic mass is 32.2. The molecule has 11 nitrogen and oxygen atoms in total. The van der Waals surface area contributed by atoms with Gasteiger partial charge in [0.15, 0.2) is 5.16 Å². The quantitative estimate of drug-likeness (QED) is 0.334. The molecule has 0 unspecified atom stereocenters. The number of hydrogen-bond donors (Lipinski definition) is 1. The number of pyridine rings is 1. The molecule has 39 heavy (non-hydrogen) atoms. The molecule has 1 N–H and O–H groups in total. The van der Waals surface area contributed by atoms with Crippen LogP contribution in [0.4, 0.5) is 10.6 Å². The molecule has 1 saturated heterocycles. The Morgan fingerprint density at radius 2 is 1.85 bits per heavy atom. The Morgan fingerprint density at radius 3 is 2.49 bits per heavy atom. The molecule has 12 heteroatoms. The third-order valence-electron chi connectivity index (χ3n) is 6.22. The second-order valence-electron chi connectivity index (χ2n) is 10.0. The summed E-state index contributed by atoms with van der Waals surface area (Å²) in [6.45, 7) is 8.56. The second-order valence-corrected chi connectivity index (χ2v) is 10.8. The zero-order chi connectivity index (χ0) is 28.0. The summed E-state index contributed by atoms with van der Waals surface area (Å²) in [7, 11) is 0. The van der Waals surface area contributed by atoms with Gasteiger partial charge in [0.25, 0.3) is 0 Å². The summed E-state index contributed by atoms with van der Waals surface area (Å²) in [6.07, 6.45) is 8.72. The lowest BCUT2D eigenvalue weighted by atomic mass is 9.74. The average molecular weight is 552 g/mol. The maximum Gasteiger partial charge on any atom is 0.410 e. The Kier molecular flexibility index (Phi) is 8.63. The van der Waals surface area contributed by atoms with Crippen LogP contribution in [0.15, 0.2) is 48.1 Å². The summed E-state index contributed by atoms with van der Waals surface area (Å²) in [5, 5.41) is 3.54. The van der Waals surface area contributed by atoms with Crippen LogP contribution >= 0.6 is 11.8 Å². The van der Waals surface area contributed by atoms with Crippen LogP contribution < -0.4 is 10.1 Å². The molecule has 3 aromatic rings. The van der Waals surface area contributed by atoms with Crippen LogP contribution in [0.1, 0.15) is 46.2 Å². The number of thioether (sulfide) groups is 1. The van der Waals surface area contributed by atoms with Gasteiger partial charge in [-0.2, -0.15) is 0 Å². The number of hydrogen-bond acceptors (Lipinski definition) is 10. The minimum absolute atomic E-state index is 0.240. The normalized spacial score (nSPS) is 14.9. The van der Waals surface area contributed by atoms with E-state index in [1.807, 2.05) is 40.0 Å². The smallest absolute Gasteiger partial charge is 0.410 e. The monoisotopic (exact) mass is 551 g/mol. The maximum atomic E-state index is 13.9. The van der Waals surface area contributed by atoms with Gasteiger partial charge in [0, 0.05) is 31.0 Å². The Bertz CT molecular complexity index is 1310. The van der Waals surface area contributed by atoms with Crippen molar-refractivity contribution in [1.82, 2.24) is 29.8 Å². The molecule has 206 valence electrons. The predicted octanol–water partition coefficient (Wildman–Crippen LogP) is 4.36. The molecule has 1 fully saturated rings. The minimum Gasteiger partial charge on any atom is -0.477 e. The van der Waals surface area contributed by atoms with E-state index in [1.165, 1.54) is 11.8 Å². The van der Waals surface area contributed by atoms with E-state index in [0.717, 1.165) is 5.56 Å². The SMILES string of the molecule is CCOc1cncc(-c2ccc(NC(=O)C3(c4ccnc(SC)n4)CCN(C(=O)OC(C)(C)C)CC3)nc2)n1. The van der Waals surface area contributed by atoms with Gasteiger partial charge in [0.1, 0.15) is 11.4 Å². The van der Waals surface area contributed by atoms with Gasteiger partial charge in [-0.1, -0.05) is 11.8 Å². The third-order valence-corrected chi connectivity index (χ3v) is 6.78. The van der Waals surface area contributed by atoms with Gasteiger partial charge in [0.05, 0.1) is 35.8 Å². The van der Waals surface area contributed by atoms with Crippen molar-refractivity contribution in [3.8, 4) is 17.1 Å². The summed E-state index contributed by atoms with van der Waals surface area (Å²) in [4.78, 5) is 50.2. The van der Waals surface area contributed by atoms with Gasteiger partial charge in [-0.15, -0.1) is 0 Å². The number of aromatic nitrogens is 5. The van der Waals surface area contributed by atoms with Crippen molar-refractivity contribution in [2.24, 2.45) is 0 Å². The average Bonchev–Trinajstić information content (AvgIpc) is 2.93. The number of anilines is 1. The van der Waals surface area contributed by atoms with Gasteiger partial charge in [0.2, 0.25) is 11.8 Å². The molecule has 0 atom stereocenters. The van der Waals surface area contributed by atoms with Crippen LogP contribution in [0, 0.1) is 0 Å². The summed E-state index contributed by atoms with van der Waals surface area (Å²) in [5.74, 6) is 0.586. The van der Waals surface area contributed by atoms with Crippen molar-refractivity contribution in [3.05, 3.63) is 48.7 Å². The number of carbonyl (C=O) groups excluding carboxylic acids is 2. The number of carbonyl (C=O) groups is 2. The largest absolute Gasteiger partial charge is 0.477 e. The third kappa shape index (κ3) is 6.80. The fourth-order valence-corrected chi connectivity index (χ4v) is 4.62. The summed E-state index contributed by atoms with van der Waals surface area (Å²) >= 11 is 1.41. The van der Waals surface area contributed by atoms with E-state index in [1.54, 1.807) is 41.8 Å². The van der Waals surface area contributed by atoms with E-state index in [-0.39, 0.29) is 5.91 Å². The highest BCUT2D eigenvalue weighted by molar-refractivity contribution is 7.98. The maximum absolute atomic E-state index is 13.9. The second kappa shape index (κ2) is 11.9. The lowest BCUT2D eigenvalue weighted by Gasteiger charge is -2.40. The van der Waals surface area contributed by atoms with Crippen molar-refractivity contribution in [1.29, 1.82) is 0 Å². The Balaban J connectivity index is 1.55. The number of rotatable bonds is 7. The molecule has 2 amide bonds. The van der Waals surface area contributed by atoms with Crippen molar-refractivity contribution in [2.75, 3.05) is 31.3 Å². The molecule has 0 aliphatic carbocycles. The molecule has 0 bridgehead atoms. The first-order valence-corrected chi connectivity index (χ1v) is 13.9. The van der Waals surface area contributed by atoms with E-state index in [2.05, 4.69) is 30.2 Å². The fraction of sp³-hybridized carbons (Fsp3) is 0.444. The molecule has 4 rings (SSSR count). The summed E-state index contributed by atoms with van der Waals surface area (Å²) < 4.78 is 11.0. The van der Waals surface area contributed by atoms with E-state index in [4.69, 9.17) is 9.47 Å². The first-order valence-electron chi connectivity index (χ1n) is 12.7. The molecule has 4 heterocycles. The van der Waals surface area contributed by atoms with Crippen LogP contribution in [-0.4, -0.2) is 73.4 Å². The highest BCUT2D eigenvalue weighted by Crippen LogP contribution is 2.37. The van der Waals surface area contributed by atoms with E-state index in [0.29, 0.717) is 60.8 Å². The zero-order valence-corrected chi connectivity index (χ0v) is 23.6. The molecule has 0 spiro atoms. The molecule has 1 aliphatic rings. The molecular formula is C27H33N7O4S. The highest BCUT2D eigenvalue weighted by Gasteiger charge is 2.46. The topological polar surface area (TPSA) is 132 Å². The molecule has 0 aromatic carbocycles. The van der Waals surface area contributed by atoms with E-state index >= 15 is 0 Å². The first-order chi connectivity index (χ1) is 18.6. The van der Waals surface area contributed by atoms with E-state index < -0.39 is 17.1 Å². The Labute approximate surface area is 232 Å². The van der Waals surface area contributed by atoms with Crippen molar-refractivity contribution in [2.45, 2.75) is 56.7 Å². The first kappa shape index (κ1) is 28.2. The Hall–Kier alpha value is -3.80. The number of piperidine rings is 1. The van der Waals surface area contributed by atoms with Crippen LogP contribution in [-0.2, 0) is 14.9 Å². The number of nitrogens with one attached hydrogen (secondary N) is 1. The van der Waals surface area contributed by atoms with Gasteiger partial charge < -0.3 is 19.7 Å². The van der Waals surface area contributed by atoms with E-state index in [9.17, 15) is 9.59 Å². The zero-order valence-electron chi connectivity index (χ0n) is 22.8. The van der Waals surface area contributed by atoms with Crippen molar-refractivity contribution < 1.29 is 19.1 Å². The predicted molar refractivity (Wildman–Crippen MR) is 148 cm³/mol. The van der Waals surface area contributed by atoms with Gasteiger partial charge in [-0.05, 0) is 65.0 Å². The van der Waals surface area contributed by atoms with Gasteiger partial charge in [-0.25, -0.2) is 24.7 Å². The van der Waals surface area contributed by atoms with Crippen molar-refractivity contribution >= 4 is 29.6 Å². The minimum atomic E-state index is -0.969. The molecule has 0 saturated carbocycles. The van der Waals surface area contributed by atoms with Crippen LogP contribution in [0.2, 0.25) is 0 Å². The molecule has 3 aromatic heterocycles. The fourth-order valence-electron chi connectivity index (χ4n) is 4.26. The summed E-state index contributed by atoms with van der Waals surface area (Å²) in [5.41, 5.74) is 0.397. The van der Waals surface area contributed by atoms with Crippen LogP contribution in [0.3, 0.4) is 0 Å². The standard InChI is InChI=1S/C27H33N7O4S/c1-6-37-22-17-28-16-19(31-22)18-7-8-21(30-15-18)33-23(35)27(20-9-12-29-24(32-20)39-5)10-13-34(14-11-27)25(36)38-26(2,3)4/h7-9,12,15-17H,6,10-11,13-14H2,1-5H3,(H,30,33,35). The lowest BCUT2D eigenvalue weighted by Crippen LogP contribution is -2.52. The Morgan fingerprint density at radius 1 is 1.08 bits per heavy atom. The molecule has 1 aliphatic heterocycles. The molecular weight excluding hydrogens is 518 g/mol. The number of nitrogens with zero attached hydrogens (tertiary/aromatic N) is 6. The summed E-state index contributed by atoms with van der Waals surface area (Å²) in [6, 6.07) is 5.30. The lowest BCUT2D eigenvalue weighted by molar-refractivity contribution is -0.123. The van der Waals surface area contributed by atoms with Crippen LogP contribution in [0.25, 0.3) is 11.3 Å². The van der Waals surface area contributed by atoms with Gasteiger partial charge >= 0.3 is 6.09 Å². The van der Waals surface area contributed by atoms with Crippen LogP contribution in [0.5, 0.6) is 5.88 Å². The number of likely N-dealkylation sites (tertiary alicyclic amines) is 1. The molecule has 0 radical (unpaired) electrons.